The molecule has 1 heterocycles. The van der Waals surface area contributed by atoms with Crippen molar-refractivity contribution in [2.75, 3.05) is 11.9 Å². The lowest BCUT2D eigenvalue weighted by Crippen LogP contribution is -2.25. The van der Waals surface area contributed by atoms with Crippen LogP contribution in [0, 0.1) is 5.92 Å². The van der Waals surface area contributed by atoms with E-state index in [2.05, 4.69) is 5.32 Å². The van der Waals surface area contributed by atoms with Crippen molar-refractivity contribution in [1.29, 1.82) is 0 Å². The van der Waals surface area contributed by atoms with Crippen LogP contribution in [0.25, 0.3) is 11.0 Å². The highest BCUT2D eigenvalue weighted by molar-refractivity contribution is 5.90. The fourth-order valence-electron chi connectivity index (χ4n) is 1.81. The summed E-state index contributed by atoms with van der Waals surface area (Å²) in [6.07, 6.45) is 1.07. The van der Waals surface area contributed by atoms with Crippen LogP contribution in [0.1, 0.15) is 6.42 Å². The number of carboxylic acid groups (broad SMARTS) is 2. The molecule has 6 heteroatoms. The van der Waals surface area contributed by atoms with E-state index in [-0.39, 0.29) is 6.54 Å². The van der Waals surface area contributed by atoms with Crippen molar-refractivity contribution in [3.8, 4) is 0 Å². The predicted molar refractivity (Wildman–Crippen MR) is 68.1 cm³/mol. The maximum Gasteiger partial charge on any atom is 0.308 e. The molecule has 3 N–H and O–H groups in total. The Bertz CT molecular complexity index is 604. The molecule has 0 saturated carbocycles. The average Bonchev–Trinajstić information content (AvgIpc) is 2.77. The summed E-state index contributed by atoms with van der Waals surface area (Å²) in [5.41, 5.74) is 1.35. The van der Waals surface area contributed by atoms with Gasteiger partial charge in [-0.15, -0.1) is 0 Å². The Kier molecular flexibility index (Phi) is 3.70. The topological polar surface area (TPSA) is 99.8 Å². The number of hydrogen-bond acceptors (Lipinski definition) is 4. The van der Waals surface area contributed by atoms with Crippen LogP contribution in [-0.4, -0.2) is 28.7 Å². The number of aliphatic carboxylic acids is 2. The Labute approximate surface area is 108 Å². The second-order valence-electron chi connectivity index (χ2n) is 4.16. The van der Waals surface area contributed by atoms with E-state index >= 15 is 0 Å². The Morgan fingerprint density at radius 3 is 2.68 bits per heavy atom. The summed E-state index contributed by atoms with van der Waals surface area (Å²) in [4.78, 5) is 21.5. The van der Waals surface area contributed by atoms with Crippen molar-refractivity contribution >= 4 is 28.6 Å². The third kappa shape index (κ3) is 3.04. The molecule has 0 aliphatic carbocycles. The zero-order chi connectivity index (χ0) is 13.8. The van der Waals surface area contributed by atoms with E-state index in [1.165, 1.54) is 6.26 Å². The van der Waals surface area contributed by atoms with Crippen molar-refractivity contribution in [2.45, 2.75) is 6.42 Å². The van der Waals surface area contributed by atoms with Gasteiger partial charge in [-0.25, -0.2) is 0 Å². The number of rotatable bonds is 6. The van der Waals surface area contributed by atoms with E-state index in [0.717, 1.165) is 5.39 Å². The van der Waals surface area contributed by atoms with Crippen LogP contribution in [0.4, 0.5) is 5.69 Å². The van der Waals surface area contributed by atoms with Gasteiger partial charge in [0, 0.05) is 11.9 Å². The lowest BCUT2D eigenvalue weighted by atomic mass is 10.1. The molecule has 0 amide bonds. The lowest BCUT2D eigenvalue weighted by molar-refractivity contribution is -0.147. The first-order valence-electron chi connectivity index (χ1n) is 5.72. The molecule has 1 aromatic carbocycles. The number of carbonyl (C=O) groups is 2. The molecule has 0 spiro atoms. The summed E-state index contributed by atoms with van der Waals surface area (Å²) in [5.74, 6) is -3.25. The fourth-order valence-corrected chi connectivity index (χ4v) is 1.81. The standard InChI is InChI=1S/C13H13NO5/c15-12(16)5-8(13(17)18)6-14-10-7-19-11-4-2-1-3-9(10)11/h1-4,7-8,14H,5-6H2,(H,15,16)(H,17,18). The Hall–Kier alpha value is -2.50. The normalized spacial score (nSPS) is 12.2. The minimum absolute atomic E-state index is 0.0329. The van der Waals surface area contributed by atoms with Crippen molar-refractivity contribution in [3.05, 3.63) is 30.5 Å². The molecule has 2 aromatic rings. The molecular weight excluding hydrogens is 250 g/mol. The second kappa shape index (κ2) is 5.43. The van der Waals surface area contributed by atoms with Crippen molar-refractivity contribution in [1.82, 2.24) is 0 Å². The molecule has 0 aliphatic rings. The maximum absolute atomic E-state index is 10.9. The van der Waals surface area contributed by atoms with E-state index in [4.69, 9.17) is 14.6 Å². The first-order valence-corrected chi connectivity index (χ1v) is 5.72. The number of benzene rings is 1. The summed E-state index contributed by atoms with van der Waals surface area (Å²) >= 11 is 0. The third-order valence-corrected chi connectivity index (χ3v) is 2.79. The quantitative estimate of drug-likeness (QED) is 0.737. The van der Waals surface area contributed by atoms with Gasteiger partial charge in [0.25, 0.3) is 0 Å². The summed E-state index contributed by atoms with van der Waals surface area (Å²) < 4.78 is 5.30. The molecule has 2 rings (SSSR count). The summed E-state index contributed by atoms with van der Waals surface area (Å²) in [7, 11) is 0. The van der Waals surface area contributed by atoms with Gasteiger partial charge in [0.2, 0.25) is 0 Å². The number of para-hydroxylation sites is 1. The monoisotopic (exact) mass is 263 g/mol. The fraction of sp³-hybridized carbons (Fsp3) is 0.231. The minimum Gasteiger partial charge on any atom is -0.481 e. The van der Waals surface area contributed by atoms with E-state index in [0.29, 0.717) is 11.3 Å². The number of furan rings is 1. The number of fused-ring (bicyclic) bond motifs is 1. The van der Waals surface area contributed by atoms with Gasteiger partial charge in [-0.1, -0.05) is 12.1 Å². The van der Waals surface area contributed by atoms with Crippen LogP contribution in [0.5, 0.6) is 0 Å². The highest BCUT2D eigenvalue weighted by Crippen LogP contribution is 2.25. The van der Waals surface area contributed by atoms with Gasteiger partial charge in [-0.2, -0.15) is 0 Å². The van der Waals surface area contributed by atoms with E-state index in [1.54, 1.807) is 6.07 Å². The Morgan fingerprint density at radius 1 is 1.26 bits per heavy atom. The van der Waals surface area contributed by atoms with E-state index in [1.807, 2.05) is 18.2 Å². The number of carboxylic acids is 2. The van der Waals surface area contributed by atoms with Crippen LogP contribution in [0.15, 0.2) is 34.9 Å². The highest BCUT2D eigenvalue weighted by Gasteiger charge is 2.21. The third-order valence-electron chi connectivity index (χ3n) is 2.79. The van der Waals surface area contributed by atoms with Gasteiger partial charge in [0.1, 0.15) is 11.8 Å². The van der Waals surface area contributed by atoms with Gasteiger partial charge < -0.3 is 19.9 Å². The molecule has 1 atom stereocenters. The maximum atomic E-state index is 10.9. The Balaban J connectivity index is 2.08. The SMILES string of the molecule is O=C(O)CC(CNc1coc2ccccc12)C(=O)O. The van der Waals surface area contributed by atoms with Crippen LogP contribution in [-0.2, 0) is 9.59 Å². The zero-order valence-corrected chi connectivity index (χ0v) is 10.00. The average molecular weight is 263 g/mol. The second-order valence-corrected chi connectivity index (χ2v) is 4.16. The van der Waals surface area contributed by atoms with Gasteiger partial charge >= 0.3 is 11.9 Å². The largest absolute Gasteiger partial charge is 0.481 e. The number of anilines is 1. The highest BCUT2D eigenvalue weighted by atomic mass is 16.4. The Morgan fingerprint density at radius 2 is 2.00 bits per heavy atom. The van der Waals surface area contributed by atoms with Gasteiger partial charge in [-0.05, 0) is 12.1 Å². The van der Waals surface area contributed by atoms with E-state index in [9.17, 15) is 9.59 Å². The van der Waals surface area contributed by atoms with E-state index < -0.39 is 24.3 Å². The molecule has 19 heavy (non-hydrogen) atoms. The van der Waals surface area contributed by atoms with Crippen molar-refractivity contribution in [3.63, 3.8) is 0 Å². The van der Waals surface area contributed by atoms with Crippen LogP contribution in [0.3, 0.4) is 0 Å². The van der Waals surface area contributed by atoms with Gasteiger partial charge in [-0.3, -0.25) is 9.59 Å². The first-order chi connectivity index (χ1) is 9.08. The van der Waals surface area contributed by atoms with Gasteiger partial charge in [0.15, 0.2) is 0 Å². The van der Waals surface area contributed by atoms with Crippen LogP contribution < -0.4 is 5.32 Å². The predicted octanol–water partition coefficient (Wildman–Crippen LogP) is 2.02. The summed E-state index contributed by atoms with van der Waals surface area (Å²) in [6.45, 7) is 0.0329. The van der Waals surface area contributed by atoms with Gasteiger partial charge in [0.05, 0.1) is 18.0 Å². The molecule has 100 valence electrons. The van der Waals surface area contributed by atoms with Crippen molar-refractivity contribution < 1.29 is 24.2 Å². The molecular formula is C13H13NO5. The molecule has 1 aromatic heterocycles. The molecule has 0 bridgehead atoms. The number of hydrogen-bond donors (Lipinski definition) is 3. The van der Waals surface area contributed by atoms with Crippen molar-refractivity contribution in [2.24, 2.45) is 5.92 Å². The molecule has 0 aliphatic heterocycles. The molecule has 1 unspecified atom stereocenters. The molecule has 0 fully saturated rings. The number of nitrogens with one attached hydrogen (secondary N) is 1. The smallest absolute Gasteiger partial charge is 0.308 e. The van der Waals surface area contributed by atoms with Crippen LogP contribution >= 0.6 is 0 Å². The summed E-state index contributed by atoms with van der Waals surface area (Å²) in [6, 6.07) is 7.32. The minimum atomic E-state index is -1.14. The first kappa shape index (κ1) is 12.9. The molecule has 0 saturated heterocycles. The van der Waals surface area contributed by atoms with Crippen LogP contribution in [0.2, 0.25) is 0 Å². The lowest BCUT2D eigenvalue weighted by Gasteiger charge is -2.11. The summed E-state index contributed by atoms with van der Waals surface area (Å²) in [5, 5.41) is 21.3. The zero-order valence-electron chi connectivity index (χ0n) is 10.00. The molecule has 6 nitrogen and oxygen atoms in total. The molecule has 0 radical (unpaired) electrons.